The quantitative estimate of drug-likeness (QED) is 0.262. The maximum absolute atomic E-state index is 6.75. The summed E-state index contributed by atoms with van der Waals surface area (Å²) in [6, 6.07) is 19.2. The Morgan fingerprint density at radius 2 is 1.68 bits per heavy atom. The van der Waals surface area contributed by atoms with Crippen LogP contribution in [-0.2, 0) is 11.8 Å². The Balaban J connectivity index is 1.92. The largest absolute Gasteiger partial charge is 0.370 e. The second-order valence-electron chi connectivity index (χ2n) is 13.3. The molecule has 3 N–H and O–H groups in total. The predicted molar refractivity (Wildman–Crippen MR) is 178 cm³/mol. The van der Waals surface area contributed by atoms with E-state index in [9.17, 15) is 0 Å². The van der Waals surface area contributed by atoms with Gasteiger partial charge in [0.05, 0.1) is 6.04 Å². The third kappa shape index (κ3) is 7.62. The van der Waals surface area contributed by atoms with E-state index in [-0.39, 0.29) is 23.3 Å². The van der Waals surface area contributed by atoms with Crippen molar-refractivity contribution in [2.24, 2.45) is 28.5 Å². The van der Waals surface area contributed by atoms with Gasteiger partial charge in [0.2, 0.25) is 0 Å². The Morgan fingerprint density at radius 3 is 2.27 bits per heavy atom. The van der Waals surface area contributed by atoms with Crippen molar-refractivity contribution in [3.8, 4) is 0 Å². The molecule has 4 nitrogen and oxygen atoms in total. The molecule has 0 spiro atoms. The van der Waals surface area contributed by atoms with E-state index in [1.165, 1.54) is 27.8 Å². The fourth-order valence-electron chi connectivity index (χ4n) is 6.32. The van der Waals surface area contributed by atoms with Crippen LogP contribution in [0.3, 0.4) is 0 Å². The molecule has 2 heterocycles. The predicted octanol–water partition coefficient (Wildman–Crippen LogP) is 8.24. The third-order valence-corrected chi connectivity index (χ3v) is 8.67. The number of nitrogens with one attached hydrogen (secondary N) is 1. The monoisotopic (exact) mass is 568 g/mol. The number of thiol groups is 1. The molecule has 0 saturated carbocycles. The average Bonchev–Trinajstić information content (AvgIpc) is 2.91. The van der Waals surface area contributed by atoms with E-state index in [0.29, 0.717) is 17.8 Å². The number of aliphatic imine (C=N–C) groups is 1. The van der Waals surface area contributed by atoms with E-state index in [1.54, 1.807) is 0 Å². The summed E-state index contributed by atoms with van der Waals surface area (Å²) in [6.07, 6.45) is 6.26. The molecule has 0 bridgehead atoms. The van der Waals surface area contributed by atoms with Gasteiger partial charge in [-0.15, -0.1) is 12.6 Å². The van der Waals surface area contributed by atoms with Gasteiger partial charge in [-0.2, -0.15) is 0 Å². The van der Waals surface area contributed by atoms with Crippen molar-refractivity contribution >= 4 is 24.3 Å². The molecule has 0 aliphatic carbocycles. The number of nitrogens with two attached hydrogens (primary N) is 1. The number of pyridine rings is 1. The maximum Gasteiger partial charge on any atom is 0.193 e. The lowest BCUT2D eigenvalue weighted by Gasteiger charge is -2.35. The van der Waals surface area contributed by atoms with Crippen LogP contribution in [0.25, 0.3) is 5.70 Å². The summed E-state index contributed by atoms with van der Waals surface area (Å²) >= 11 is 4.63. The molecule has 1 aliphatic heterocycles. The Bertz CT molecular complexity index is 1380. The van der Waals surface area contributed by atoms with E-state index in [2.05, 4.69) is 134 Å². The van der Waals surface area contributed by atoms with Crippen molar-refractivity contribution in [1.29, 1.82) is 0 Å². The van der Waals surface area contributed by atoms with Gasteiger partial charge in [-0.25, -0.2) is 4.99 Å². The third-order valence-electron chi connectivity index (χ3n) is 8.39. The number of guanidine groups is 1. The Hall–Kier alpha value is -3.05. The number of hydrogen-bond acceptors (Lipinski definition) is 5. The van der Waals surface area contributed by atoms with E-state index in [0.717, 1.165) is 29.1 Å². The SMILES string of the molecule is Cc1cccc(C)c1C1=CC(C)[C@H](CC(C)C)[C@H](c2ccc(C(C)(C)C)cn2)C(Cc2cccc(S)c2)N=C(N)N1. The zero-order valence-electron chi connectivity index (χ0n) is 26.1. The van der Waals surface area contributed by atoms with Crippen molar-refractivity contribution in [3.05, 3.63) is 100 Å². The van der Waals surface area contributed by atoms with Gasteiger partial charge in [-0.3, -0.25) is 4.98 Å². The number of nitrogens with zero attached hydrogens (tertiary/aromatic N) is 2. The second-order valence-corrected chi connectivity index (χ2v) is 13.8. The number of allylic oxidation sites excluding steroid dienone is 1. The normalized spacial score (nSPS) is 21.8. The van der Waals surface area contributed by atoms with Crippen molar-refractivity contribution in [1.82, 2.24) is 10.3 Å². The molecular weight excluding hydrogens is 520 g/mol. The van der Waals surface area contributed by atoms with Crippen LogP contribution < -0.4 is 11.1 Å². The first-order valence-electron chi connectivity index (χ1n) is 15.0. The van der Waals surface area contributed by atoms with Gasteiger partial charge < -0.3 is 11.1 Å². The fraction of sp³-hybridized carbons (Fsp3) is 0.444. The molecule has 4 atom stereocenters. The van der Waals surface area contributed by atoms with E-state index in [4.69, 9.17) is 15.7 Å². The summed E-state index contributed by atoms with van der Waals surface area (Å²) in [4.78, 5) is 11.3. The molecule has 0 amide bonds. The molecule has 0 radical (unpaired) electrons. The lowest BCUT2D eigenvalue weighted by Crippen LogP contribution is -2.35. The Kier molecular flexibility index (Phi) is 9.69. The smallest absolute Gasteiger partial charge is 0.193 e. The molecular formula is C36H48N4S. The van der Waals surface area contributed by atoms with Gasteiger partial charge in [0.25, 0.3) is 0 Å². The highest BCUT2D eigenvalue weighted by Gasteiger charge is 2.37. The molecule has 0 saturated heterocycles. The molecule has 218 valence electrons. The van der Waals surface area contributed by atoms with Crippen LogP contribution in [-0.4, -0.2) is 17.0 Å². The van der Waals surface area contributed by atoms with Crippen molar-refractivity contribution in [2.45, 2.75) is 90.5 Å². The van der Waals surface area contributed by atoms with E-state index in [1.807, 2.05) is 6.07 Å². The van der Waals surface area contributed by atoms with Gasteiger partial charge in [0.1, 0.15) is 0 Å². The number of aromatic nitrogens is 1. The van der Waals surface area contributed by atoms with Crippen LogP contribution >= 0.6 is 12.6 Å². The average molecular weight is 569 g/mol. The van der Waals surface area contributed by atoms with Gasteiger partial charge in [0, 0.05) is 34.0 Å². The summed E-state index contributed by atoms with van der Waals surface area (Å²) in [5.74, 6) is 1.61. The molecule has 2 aromatic carbocycles. The maximum atomic E-state index is 6.75. The zero-order valence-corrected chi connectivity index (χ0v) is 27.0. The summed E-state index contributed by atoms with van der Waals surface area (Å²) in [6.45, 7) is 18.0. The lowest BCUT2D eigenvalue weighted by atomic mass is 9.71. The molecule has 41 heavy (non-hydrogen) atoms. The van der Waals surface area contributed by atoms with Gasteiger partial charge >= 0.3 is 0 Å². The van der Waals surface area contributed by atoms with Gasteiger partial charge in [-0.05, 0) is 90.3 Å². The first-order chi connectivity index (χ1) is 19.3. The summed E-state index contributed by atoms with van der Waals surface area (Å²) < 4.78 is 0. The topological polar surface area (TPSA) is 63.3 Å². The minimum atomic E-state index is -0.0949. The second kappa shape index (κ2) is 12.9. The lowest BCUT2D eigenvalue weighted by molar-refractivity contribution is 0.255. The highest BCUT2D eigenvalue weighted by Crippen LogP contribution is 2.42. The van der Waals surface area contributed by atoms with Crippen molar-refractivity contribution < 1.29 is 0 Å². The van der Waals surface area contributed by atoms with Crippen LogP contribution in [0.1, 0.15) is 87.4 Å². The molecule has 4 rings (SSSR count). The van der Waals surface area contributed by atoms with Crippen molar-refractivity contribution in [2.75, 3.05) is 0 Å². The molecule has 5 heteroatoms. The van der Waals surface area contributed by atoms with Gasteiger partial charge in [-0.1, -0.05) is 84.0 Å². The molecule has 2 unspecified atom stereocenters. The van der Waals surface area contributed by atoms with Gasteiger partial charge in [0.15, 0.2) is 5.96 Å². The fourth-order valence-corrected chi connectivity index (χ4v) is 6.57. The Morgan fingerprint density at radius 1 is 1.00 bits per heavy atom. The molecule has 0 fully saturated rings. The molecule has 1 aliphatic rings. The summed E-state index contributed by atoms with van der Waals surface area (Å²) in [5.41, 5.74) is 15.0. The first kappa shape index (κ1) is 30.9. The standard InChI is InChI=1S/C36H48N4S/c1-22(2)17-29-25(5)18-31(33-23(3)11-9-12-24(33)4)39-35(37)40-32(20-26-13-10-14-28(41)19-26)34(29)30-16-15-27(21-38-30)36(6,7)8/h9-16,18-19,21-22,25,29,32,34,41H,17,20H2,1-8H3,(H3,37,39,40)/t25?,29-,32?,34+/m0/s1. The minimum Gasteiger partial charge on any atom is -0.370 e. The summed E-state index contributed by atoms with van der Waals surface area (Å²) in [5, 5.41) is 3.54. The Labute approximate surface area is 253 Å². The summed E-state index contributed by atoms with van der Waals surface area (Å²) in [7, 11) is 0. The molecule has 1 aromatic heterocycles. The highest BCUT2D eigenvalue weighted by atomic mass is 32.1. The first-order valence-corrected chi connectivity index (χ1v) is 15.4. The van der Waals surface area contributed by atoms with E-state index >= 15 is 0 Å². The van der Waals surface area contributed by atoms with Crippen LogP contribution in [0.5, 0.6) is 0 Å². The minimum absolute atomic E-state index is 0.0382. The van der Waals surface area contributed by atoms with Crippen LogP contribution in [0.2, 0.25) is 0 Å². The van der Waals surface area contributed by atoms with Crippen LogP contribution in [0, 0.1) is 31.6 Å². The highest BCUT2D eigenvalue weighted by molar-refractivity contribution is 7.80. The molecule has 3 aromatic rings. The van der Waals surface area contributed by atoms with Crippen molar-refractivity contribution in [3.63, 3.8) is 0 Å². The number of benzene rings is 2. The van der Waals surface area contributed by atoms with Crippen LogP contribution in [0.4, 0.5) is 0 Å². The number of rotatable bonds is 6. The number of hydrogen-bond donors (Lipinski definition) is 3. The zero-order chi connectivity index (χ0) is 29.9. The van der Waals surface area contributed by atoms with E-state index < -0.39 is 0 Å². The van der Waals surface area contributed by atoms with Crippen LogP contribution in [0.15, 0.2) is 76.8 Å². The number of aryl methyl sites for hydroxylation is 2.